The molecule has 1 N–H and O–H groups in total. The van der Waals surface area contributed by atoms with Gasteiger partial charge in [0.25, 0.3) is 5.56 Å². The Kier molecular flexibility index (Phi) is 7.09. The number of aromatic nitrogens is 2. The lowest BCUT2D eigenvalue weighted by atomic mass is 9.87. The van der Waals surface area contributed by atoms with E-state index in [0.29, 0.717) is 10.9 Å². The van der Waals surface area contributed by atoms with Crippen molar-refractivity contribution in [1.29, 1.82) is 0 Å². The Hall–Kier alpha value is -3.58. The smallest absolute Gasteiger partial charge is 0.307 e. The molecule has 0 aliphatic carbocycles. The van der Waals surface area contributed by atoms with Crippen molar-refractivity contribution >= 4 is 10.9 Å². The summed E-state index contributed by atoms with van der Waals surface area (Å²) in [6.45, 7) is 2.50. The lowest BCUT2D eigenvalue weighted by Crippen LogP contribution is -2.43. The number of nitrogens with zero attached hydrogens (tertiary/aromatic N) is 2. The monoisotopic (exact) mass is 489 g/mol. The standard InChI is InChI=1S/C29H29F2N3O2/c30-22-11-7-20(8-12-22)25(21-9-13-23(31)14-10-21)5-3-17-33-18-15-24(16-19-33)34-28(35)26-4-1-2-6-27(26)32-29(34)36/h1-2,4,6-14,24-25H,3,5,15-19H2,(H,32,36). The zero-order chi connectivity index (χ0) is 25.1. The van der Waals surface area contributed by atoms with Crippen molar-refractivity contribution in [2.75, 3.05) is 19.6 Å². The van der Waals surface area contributed by atoms with Gasteiger partial charge in [-0.05, 0) is 79.8 Å². The van der Waals surface area contributed by atoms with Crippen LogP contribution in [0.1, 0.15) is 48.8 Å². The number of halogens is 2. The molecule has 5 rings (SSSR count). The lowest BCUT2D eigenvalue weighted by molar-refractivity contribution is 0.179. The molecule has 0 amide bonds. The molecular formula is C29H29F2N3O2. The summed E-state index contributed by atoms with van der Waals surface area (Å²) in [6.07, 6.45) is 3.24. The largest absolute Gasteiger partial charge is 0.329 e. The van der Waals surface area contributed by atoms with Crippen molar-refractivity contribution in [3.8, 4) is 0 Å². The van der Waals surface area contributed by atoms with Crippen molar-refractivity contribution in [2.45, 2.75) is 37.6 Å². The average Bonchev–Trinajstić information content (AvgIpc) is 2.89. The maximum absolute atomic E-state index is 13.5. The number of aromatic amines is 1. The van der Waals surface area contributed by atoms with Crippen molar-refractivity contribution in [3.63, 3.8) is 0 Å². The topological polar surface area (TPSA) is 58.1 Å². The van der Waals surface area contributed by atoms with E-state index in [2.05, 4.69) is 9.88 Å². The molecule has 1 fully saturated rings. The molecular weight excluding hydrogens is 460 g/mol. The highest BCUT2D eigenvalue weighted by molar-refractivity contribution is 5.76. The number of para-hydroxylation sites is 1. The van der Waals surface area contributed by atoms with Crippen LogP contribution in [-0.2, 0) is 0 Å². The number of hydrogen-bond donors (Lipinski definition) is 1. The summed E-state index contributed by atoms with van der Waals surface area (Å²) in [5, 5.41) is 0.534. The molecule has 3 aromatic carbocycles. The fourth-order valence-electron chi connectivity index (χ4n) is 5.34. The predicted molar refractivity (Wildman–Crippen MR) is 137 cm³/mol. The number of rotatable bonds is 7. The average molecular weight is 490 g/mol. The Morgan fingerprint density at radius 2 is 1.42 bits per heavy atom. The van der Waals surface area contributed by atoms with Gasteiger partial charge in [0.05, 0.1) is 10.9 Å². The third kappa shape index (κ3) is 5.16. The highest BCUT2D eigenvalue weighted by Gasteiger charge is 2.24. The summed E-state index contributed by atoms with van der Waals surface area (Å²) < 4.78 is 28.4. The SMILES string of the molecule is O=c1[nH]c2ccccc2c(=O)n1C1CCN(CCCC(c2ccc(F)cc2)c2ccc(F)cc2)CC1. The van der Waals surface area contributed by atoms with Gasteiger partial charge in [0.2, 0.25) is 0 Å². The van der Waals surface area contributed by atoms with E-state index in [4.69, 9.17) is 0 Å². The van der Waals surface area contributed by atoms with Crippen LogP contribution in [0.5, 0.6) is 0 Å². The van der Waals surface area contributed by atoms with E-state index >= 15 is 0 Å². The highest BCUT2D eigenvalue weighted by Crippen LogP contribution is 2.30. The quantitative estimate of drug-likeness (QED) is 0.387. The van der Waals surface area contributed by atoms with Gasteiger partial charge in [-0.3, -0.25) is 9.36 Å². The molecule has 0 atom stereocenters. The van der Waals surface area contributed by atoms with E-state index in [1.165, 1.54) is 28.8 Å². The normalized spacial score (nSPS) is 15.1. The molecule has 1 aliphatic heterocycles. The van der Waals surface area contributed by atoms with Crippen LogP contribution in [-0.4, -0.2) is 34.1 Å². The minimum absolute atomic E-state index is 0.0541. The van der Waals surface area contributed by atoms with Crippen molar-refractivity contribution < 1.29 is 8.78 Å². The van der Waals surface area contributed by atoms with Gasteiger partial charge in [-0.25, -0.2) is 13.6 Å². The number of benzene rings is 3. The summed E-state index contributed by atoms with van der Waals surface area (Å²) in [5.74, 6) is -0.494. The number of likely N-dealkylation sites (tertiary alicyclic amines) is 1. The van der Waals surface area contributed by atoms with Gasteiger partial charge in [0.15, 0.2) is 0 Å². The van der Waals surface area contributed by atoms with Crippen LogP contribution in [0, 0.1) is 11.6 Å². The predicted octanol–water partition coefficient (Wildman–Crippen LogP) is 5.22. The number of H-pyrrole nitrogens is 1. The van der Waals surface area contributed by atoms with E-state index in [1.54, 1.807) is 48.5 Å². The Labute approximate surface area is 208 Å². The fourth-order valence-corrected chi connectivity index (χ4v) is 5.34. The van der Waals surface area contributed by atoms with E-state index < -0.39 is 0 Å². The van der Waals surface area contributed by atoms with Crippen LogP contribution in [0.3, 0.4) is 0 Å². The Balaban J connectivity index is 1.22. The number of piperidine rings is 1. The third-order valence-electron chi connectivity index (χ3n) is 7.27. The molecule has 1 aromatic heterocycles. The zero-order valence-corrected chi connectivity index (χ0v) is 20.0. The molecule has 0 radical (unpaired) electrons. The third-order valence-corrected chi connectivity index (χ3v) is 7.27. The second-order valence-corrected chi connectivity index (χ2v) is 9.52. The van der Waals surface area contributed by atoms with E-state index in [-0.39, 0.29) is 34.8 Å². The van der Waals surface area contributed by atoms with Gasteiger partial charge in [0.1, 0.15) is 11.6 Å². The van der Waals surface area contributed by atoms with E-state index in [0.717, 1.165) is 56.4 Å². The maximum Gasteiger partial charge on any atom is 0.329 e. The van der Waals surface area contributed by atoms with Gasteiger partial charge < -0.3 is 9.88 Å². The lowest BCUT2D eigenvalue weighted by Gasteiger charge is -2.32. The van der Waals surface area contributed by atoms with Crippen LogP contribution in [0.25, 0.3) is 10.9 Å². The summed E-state index contributed by atoms with van der Waals surface area (Å²) in [5.41, 5.74) is 2.01. The first-order chi connectivity index (χ1) is 17.5. The molecule has 0 unspecified atom stereocenters. The molecule has 2 heterocycles. The first-order valence-corrected chi connectivity index (χ1v) is 12.5. The molecule has 186 valence electrons. The molecule has 36 heavy (non-hydrogen) atoms. The minimum atomic E-state index is -0.349. The van der Waals surface area contributed by atoms with E-state index in [1.807, 2.05) is 0 Å². The van der Waals surface area contributed by atoms with Crippen molar-refractivity contribution in [3.05, 3.63) is 116 Å². The van der Waals surface area contributed by atoms with Gasteiger partial charge in [-0.1, -0.05) is 36.4 Å². The van der Waals surface area contributed by atoms with Crippen molar-refractivity contribution in [1.82, 2.24) is 14.5 Å². The number of fused-ring (bicyclic) bond motifs is 1. The zero-order valence-electron chi connectivity index (χ0n) is 20.0. The van der Waals surface area contributed by atoms with Crippen LogP contribution in [0.15, 0.2) is 82.4 Å². The highest BCUT2D eigenvalue weighted by atomic mass is 19.1. The second kappa shape index (κ2) is 10.6. The molecule has 0 spiro atoms. The maximum atomic E-state index is 13.5. The number of nitrogens with one attached hydrogen (secondary N) is 1. The Morgan fingerprint density at radius 1 is 0.833 bits per heavy atom. The summed E-state index contributed by atoms with van der Waals surface area (Å²) >= 11 is 0. The van der Waals surface area contributed by atoms with Crippen LogP contribution >= 0.6 is 0 Å². The van der Waals surface area contributed by atoms with Crippen LogP contribution in [0.4, 0.5) is 8.78 Å². The molecule has 0 saturated carbocycles. The summed E-state index contributed by atoms with van der Waals surface area (Å²) in [6, 6.07) is 20.0. The fraction of sp³-hybridized carbons (Fsp3) is 0.310. The van der Waals surface area contributed by atoms with Gasteiger partial charge in [-0.2, -0.15) is 0 Å². The Bertz CT molecular complexity index is 1390. The minimum Gasteiger partial charge on any atom is -0.307 e. The molecule has 5 nitrogen and oxygen atoms in total. The molecule has 1 saturated heterocycles. The second-order valence-electron chi connectivity index (χ2n) is 9.52. The summed E-state index contributed by atoms with van der Waals surface area (Å²) in [7, 11) is 0. The summed E-state index contributed by atoms with van der Waals surface area (Å²) in [4.78, 5) is 30.8. The van der Waals surface area contributed by atoms with Gasteiger partial charge in [-0.15, -0.1) is 0 Å². The first kappa shape index (κ1) is 24.1. The van der Waals surface area contributed by atoms with Crippen LogP contribution < -0.4 is 11.2 Å². The molecule has 4 aromatic rings. The number of hydrogen-bond acceptors (Lipinski definition) is 3. The Morgan fingerprint density at radius 3 is 2.03 bits per heavy atom. The van der Waals surface area contributed by atoms with Crippen LogP contribution in [0.2, 0.25) is 0 Å². The van der Waals surface area contributed by atoms with E-state index in [9.17, 15) is 18.4 Å². The van der Waals surface area contributed by atoms with Crippen molar-refractivity contribution in [2.24, 2.45) is 0 Å². The molecule has 7 heteroatoms. The van der Waals surface area contributed by atoms with Gasteiger partial charge >= 0.3 is 5.69 Å². The molecule has 1 aliphatic rings. The first-order valence-electron chi connectivity index (χ1n) is 12.5. The van der Waals surface area contributed by atoms with Gasteiger partial charge in [0, 0.05) is 25.0 Å². The molecule has 0 bridgehead atoms.